The number of halogens is 3. The molecular formula is C16H11F3N4OS. The van der Waals surface area contributed by atoms with E-state index in [0.717, 1.165) is 12.1 Å². The van der Waals surface area contributed by atoms with E-state index < -0.39 is 11.7 Å². The maximum absolute atomic E-state index is 12.5. The highest BCUT2D eigenvalue weighted by atomic mass is 32.1. The maximum atomic E-state index is 12.5. The first-order chi connectivity index (χ1) is 11.9. The van der Waals surface area contributed by atoms with E-state index in [0.29, 0.717) is 16.4 Å². The molecule has 3 rings (SSSR count). The van der Waals surface area contributed by atoms with E-state index in [-0.39, 0.29) is 11.7 Å². The number of hydrogen-bond donors (Lipinski definition) is 2. The average Bonchev–Trinajstić information content (AvgIpc) is 3.11. The molecule has 0 radical (unpaired) electrons. The smallest absolute Gasteiger partial charge is 0.339 e. The number of anilines is 3. The van der Waals surface area contributed by atoms with Crippen LogP contribution in [0.3, 0.4) is 0 Å². The fourth-order valence-electron chi connectivity index (χ4n) is 1.94. The average molecular weight is 364 g/mol. The number of alkyl halides is 3. The normalized spacial score (nSPS) is 11.2. The minimum atomic E-state index is -4.37. The van der Waals surface area contributed by atoms with Crippen molar-refractivity contribution in [1.82, 2.24) is 10.2 Å². The van der Waals surface area contributed by atoms with E-state index in [1.807, 2.05) is 0 Å². The van der Waals surface area contributed by atoms with E-state index in [4.69, 9.17) is 0 Å². The molecule has 0 spiro atoms. The van der Waals surface area contributed by atoms with Crippen molar-refractivity contribution in [3.8, 4) is 0 Å². The summed E-state index contributed by atoms with van der Waals surface area (Å²) in [5, 5.41) is 15.0. The van der Waals surface area contributed by atoms with Gasteiger partial charge in [-0.25, -0.2) is 0 Å². The topological polar surface area (TPSA) is 66.9 Å². The SMILES string of the molecule is O=C(Nc1ccc(Nc2ccc(C(F)(F)F)cc2)nn1)c1cccs1. The molecule has 1 amide bonds. The highest BCUT2D eigenvalue weighted by Crippen LogP contribution is 2.30. The lowest BCUT2D eigenvalue weighted by Crippen LogP contribution is -2.12. The number of benzene rings is 1. The van der Waals surface area contributed by atoms with Gasteiger partial charge in [0.2, 0.25) is 0 Å². The van der Waals surface area contributed by atoms with Gasteiger partial charge in [-0.05, 0) is 47.8 Å². The van der Waals surface area contributed by atoms with Crippen LogP contribution in [0.15, 0.2) is 53.9 Å². The Morgan fingerprint density at radius 1 is 0.960 bits per heavy atom. The van der Waals surface area contributed by atoms with Crippen molar-refractivity contribution in [2.75, 3.05) is 10.6 Å². The van der Waals surface area contributed by atoms with Crippen molar-refractivity contribution in [2.24, 2.45) is 0 Å². The second kappa shape index (κ2) is 6.89. The summed E-state index contributed by atoms with van der Waals surface area (Å²) in [6, 6.07) is 11.1. The number of thiophene rings is 1. The van der Waals surface area contributed by atoms with E-state index in [1.54, 1.807) is 29.6 Å². The maximum Gasteiger partial charge on any atom is 0.416 e. The minimum absolute atomic E-state index is 0.274. The van der Waals surface area contributed by atoms with Gasteiger partial charge < -0.3 is 10.6 Å². The molecule has 1 aromatic carbocycles. The molecule has 0 aliphatic carbocycles. The molecule has 0 unspecified atom stereocenters. The summed E-state index contributed by atoms with van der Waals surface area (Å²) in [5.74, 6) is 0.331. The highest BCUT2D eigenvalue weighted by Gasteiger charge is 2.29. The van der Waals surface area contributed by atoms with Crippen LogP contribution in [0.2, 0.25) is 0 Å². The standard InChI is InChI=1S/C16H11F3N4OS/c17-16(18,19)10-3-5-11(6-4-10)20-13-7-8-14(23-22-13)21-15(24)12-2-1-9-25-12/h1-9H,(H,20,22)(H,21,23,24). The molecule has 0 aliphatic rings. The van der Waals surface area contributed by atoms with Gasteiger partial charge in [-0.2, -0.15) is 13.2 Å². The number of hydrogen-bond acceptors (Lipinski definition) is 5. The lowest BCUT2D eigenvalue weighted by Gasteiger charge is -2.09. The molecule has 0 fully saturated rings. The van der Waals surface area contributed by atoms with Gasteiger partial charge in [0, 0.05) is 5.69 Å². The van der Waals surface area contributed by atoms with Crippen LogP contribution < -0.4 is 10.6 Å². The first-order valence-corrected chi connectivity index (χ1v) is 7.93. The Morgan fingerprint density at radius 3 is 2.20 bits per heavy atom. The number of carbonyl (C=O) groups excluding carboxylic acids is 1. The summed E-state index contributed by atoms with van der Waals surface area (Å²) in [5.41, 5.74) is -0.284. The Kier molecular flexibility index (Phi) is 4.66. The fraction of sp³-hybridized carbons (Fsp3) is 0.0625. The monoisotopic (exact) mass is 364 g/mol. The molecular weight excluding hydrogens is 353 g/mol. The number of rotatable bonds is 4. The van der Waals surface area contributed by atoms with Crippen molar-refractivity contribution in [3.05, 3.63) is 64.4 Å². The molecule has 2 aromatic heterocycles. The zero-order chi connectivity index (χ0) is 17.9. The van der Waals surface area contributed by atoms with Crippen LogP contribution in [0.25, 0.3) is 0 Å². The molecule has 0 bridgehead atoms. The first-order valence-electron chi connectivity index (χ1n) is 7.05. The molecule has 3 aromatic rings. The van der Waals surface area contributed by atoms with Gasteiger partial charge >= 0.3 is 6.18 Å². The van der Waals surface area contributed by atoms with Gasteiger partial charge in [-0.1, -0.05) is 6.07 Å². The summed E-state index contributed by atoms with van der Waals surface area (Å²) in [7, 11) is 0. The Morgan fingerprint density at radius 2 is 1.64 bits per heavy atom. The molecule has 5 nitrogen and oxygen atoms in total. The molecule has 2 N–H and O–H groups in total. The van der Waals surface area contributed by atoms with Gasteiger partial charge in [0.15, 0.2) is 11.6 Å². The van der Waals surface area contributed by atoms with Crippen LogP contribution in [-0.2, 0) is 6.18 Å². The number of nitrogens with one attached hydrogen (secondary N) is 2. The van der Waals surface area contributed by atoms with Crippen molar-refractivity contribution in [2.45, 2.75) is 6.18 Å². The zero-order valence-corrected chi connectivity index (χ0v) is 13.4. The van der Waals surface area contributed by atoms with Gasteiger partial charge in [-0.15, -0.1) is 21.5 Å². The van der Waals surface area contributed by atoms with Gasteiger partial charge in [0.05, 0.1) is 10.4 Å². The second-order valence-electron chi connectivity index (χ2n) is 4.94. The second-order valence-corrected chi connectivity index (χ2v) is 5.88. The molecule has 0 atom stereocenters. The first kappa shape index (κ1) is 16.9. The molecule has 0 saturated heterocycles. The Hall–Kier alpha value is -2.94. The van der Waals surface area contributed by atoms with Crippen LogP contribution in [0.1, 0.15) is 15.2 Å². The number of amides is 1. The largest absolute Gasteiger partial charge is 0.416 e. The minimum Gasteiger partial charge on any atom is -0.339 e. The van der Waals surface area contributed by atoms with E-state index >= 15 is 0 Å². The third kappa shape index (κ3) is 4.32. The Balaban J connectivity index is 1.63. The van der Waals surface area contributed by atoms with E-state index in [9.17, 15) is 18.0 Å². The van der Waals surface area contributed by atoms with Crippen LogP contribution in [0, 0.1) is 0 Å². The van der Waals surface area contributed by atoms with E-state index in [1.165, 1.54) is 23.5 Å². The summed E-state index contributed by atoms with van der Waals surface area (Å²) in [6.07, 6.45) is -4.37. The molecule has 9 heteroatoms. The fourth-order valence-corrected chi connectivity index (χ4v) is 2.56. The van der Waals surface area contributed by atoms with Crippen LogP contribution >= 0.6 is 11.3 Å². The van der Waals surface area contributed by atoms with Gasteiger partial charge in [-0.3, -0.25) is 4.79 Å². The molecule has 128 valence electrons. The summed E-state index contributed by atoms with van der Waals surface area (Å²) < 4.78 is 37.6. The molecule has 0 saturated carbocycles. The predicted molar refractivity (Wildman–Crippen MR) is 89.0 cm³/mol. The molecule has 0 aliphatic heterocycles. The van der Waals surface area contributed by atoms with Crippen LogP contribution in [-0.4, -0.2) is 16.1 Å². The van der Waals surface area contributed by atoms with Crippen molar-refractivity contribution < 1.29 is 18.0 Å². The molecule has 25 heavy (non-hydrogen) atoms. The Bertz CT molecular complexity index is 847. The van der Waals surface area contributed by atoms with Gasteiger partial charge in [0.25, 0.3) is 5.91 Å². The summed E-state index contributed by atoms with van der Waals surface area (Å²) >= 11 is 1.31. The lowest BCUT2D eigenvalue weighted by molar-refractivity contribution is -0.137. The number of carbonyl (C=O) groups is 1. The quantitative estimate of drug-likeness (QED) is 0.713. The van der Waals surface area contributed by atoms with Crippen molar-refractivity contribution in [1.29, 1.82) is 0 Å². The van der Waals surface area contributed by atoms with Crippen LogP contribution in [0.4, 0.5) is 30.5 Å². The third-order valence-electron chi connectivity index (χ3n) is 3.14. The zero-order valence-electron chi connectivity index (χ0n) is 12.5. The van der Waals surface area contributed by atoms with Gasteiger partial charge in [0.1, 0.15) is 0 Å². The van der Waals surface area contributed by atoms with Crippen molar-refractivity contribution in [3.63, 3.8) is 0 Å². The van der Waals surface area contributed by atoms with E-state index in [2.05, 4.69) is 20.8 Å². The third-order valence-corrected chi connectivity index (χ3v) is 4.00. The summed E-state index contributed by atoms with van der Waals surface area (Å²) in [6.45, 7) is 0. The molecule has 2 heterocycles. The summed E-state index contributed by atoms with van der Waals surface area (Å²) in [4.78, 5) is 12.4. The van der Waals surface area contributed by atoms with Crippen LogP contribution in [0.5, 0.6) is 0 Å². The predicted octanol–water partition coefficient (Wildman–Crippen LogP) is 4.55. The number of nitrogens with zero attached hydrogens (tertiary/aromatic N) is 2. The Labute approximate surface area is 144 Å². The number of aromatic nitrogens is 2. The van der Waals surface area contributed by atoms with Crippen molar-refractivity contribution >= 4 is 34.6 Å². The highest BCUT2D eigenvalue weighted by molar-refractivity contribution is 7.12. The lowest BCUT2D eigenvalue weighted by atomic mass is 10.2.